The van der Waals surface area contributed by atoms with Crippen LogP contribution in [0, 0.1) is 5.41 Å². The van der Waals surface area contributed by atoms with E-state index in [1.807, 2.05) is 0 Å². The molecule has 3 nitrogen and oxygen atoms in total. The van der Waals surface area contributed by atoms with E-state index in [1.54, 1.807) is 0 Å². The molecule has 1 spiro atoms. The van der Waals surface area contributed by atoms with Gasteiger partial charge in [0.05, 0.1) is 6.61 Å². The minimum Gasteiger partial charge on any atom is -0.365 e. The maximum atomic E-state index is 10.2. The van der Waals surface area contributed by atoms with Crippen molar-refractivity contribution < 1.29 is 14.6 Å². The van der Waals surface area contributed by atoms with Gasteiger partial charge in [0.25, 0.3) is 0 Å². The highest BCUT2D eigenvalue weighted by Crippen LogP contribution is 2.58. The second kappa shape index (κ2) is 2.52. The molecule has 0 aromatic carbocycles. The number of ether oxygens (including phenoxy) is 2. The van der Waals surface area contributed by atoms with Crippen molar-refractivity contribution in [3.63, 3.8) is 0 Å². The lowest BCUT2D eigenvalue weighted by molar-refractivity contribution is -0.407. The number of hydrogen-bond acceptors (Lipinski definition) is 3. The highest BCUT2D eigenvalue weighted by Gasteiger charge is 2.62. The van der Waals surface area contributed by atoms with Crippen molar-refractivity contribution in [2.24, 2.45) is 5.41 Å². The van der Waals surface area contributed by atoms with Gasteiger partial charge in [-0.3, -0.25) is 0 Å². The average molecular weight is 198 g/mol. The average Bonchev–Trinajstić information content (AvgIpc) is 2.42. The van der Waals surface area contributed by atoms with E-state index >= 15 is 0 Å². The van der Waals surface area contributed by atoms with E-state index < -0.39 is 11.6 Å². The van der Waals surface area contributed by atoms with Crippen LogP contribution in [-0.2, 0) is 9.47 Å². The fourth-order valence-corrected chi connectivity index (χ4v) is 3.30. The summed E-state index contributed by atoms with van der Waals surface area (Å²) >= 11 is 0. The largest absolute Gasteiger partial charge is 0.365 e. The minimum atomic E-state index is -0.887. The standard InChI is InChI=1S/C11H18O3/c1-9-5-6-10(12)3-2-4-11(9,14-10)13-8-7-9/h12H,2-8H2,1H3/t9-,10+,11-/m1/s1. The monoisotopic (exact) mass is 198 g/mol. The van der Waals surface area contributed by atoms with E-state index in [-0.39, 0.29) is 5.41 Å². The van der Waals surface area contributed by atoms with E-state index in [2.05, 4.69) is 6.92 Å². The molecule has 3 fully saturated rings. The topological polar surface area (TPSA) is 38.7 Å². The van der Waals surface area contributed by atoms with Crippen molar-refractivity contribution in [1.29, 1.82) is 0 Å². The summed E-state index contributed by atoms with van der Waals surface area (Å²) in [5, 5.41) is 10.2. The molecule has 80 valence electrons. The molecule has 0 amide bonds. The van der Waals surface area contributed by atoms with Crippen LogP contribution in [0.3, 0.4) is 0 Å². The molecule has 3 rings (SSSR count). The molecule has 0 aromatic rings. The van der Waals surface area contributed by atoms with Crippen molar-refractivity contribution in [3.8, 4) is 0 Å². The third kappa shape index (κ3) is 0.980. The maximum Gasteiger partial charge on any atom is 0.177 e. The summed E-state index contributed by atoms with van der Waals surface area (Å²) in [5.41, 5.74) is 0.139. The number of rotatable bonds is 0. The van der Waals surface area contributed by atoms with Crippen LogP contribution in [0.5, 0.6) is 0 Å². The van der Waals surface area contributed by atoms with Crippen LogP contribution in [0.4, 0.5) is 0 Å². The lowest BCUT2D eigenvalue weighted by atomic mass is 9.68. The zero-order valence-corrected chi connectivity index (χ0v) is 8.71. The Balaban J connectivity index is 1.99. The number of hydrogen-bond donors (Lipinski definition) is 1. The first-order chi connectivity index (χ1) is 6.58. The third-order valence-electron chi connectivity index (χ3n) is 4.40. The van der Waals surface area contributed by atoms with E-state index in [0.717, 1.165) is 45.1 Å². The fourth-order valence-electron chi connectivity index (χ4n) is 3.30. The predicted molar refractivity (Wildman–Crippen MR) is 50.5 cm³/mol. The van der Waals surface area contributed by atoms with Crippen LogP contribution in [0.1, 0.15) is 45.4 Å². The van der Waals surface area contributed by atoms with Crippen molar-refractivity contribution in [2.45, 2.75) is 57.0 Å². The quantitative estimate of drug-likeness (QED) is 0.645. The summed E-state index contributed by atoms with van der Waals surface area (Å²) in [6.45, 7) is 3.03. The molecule has 3 aliphatic rings. The van der Waals surface area contributed by atoms with Gasteiger partial charge in [-0.25, -0.2) is 0 Å². The van der Waals surface area contributed by atoms with Gasteiger partial charge in [-0.15, -0.1) is 0 Å². The zero-order chi connectivity index (χ0) is 9.86. The molecule has 1 N–H and O–H groups in total. The molecule has 0 unspecified atom stereocenters. The number of fused-ring (bicyclic) bond motifs is 1. The van der Waals surface area contributed by atoms with Gasteiger partial charge in [-0.2, -0.15) is 0 Å². The zero-order valence-electron chi connectivity index (χ0n) is 8.71. The van der Waals surface area contributed by atoms with Crippen molar-refractivity contribution in [1.82, 2.24) is 0 Å². The summed E-state index contributed by atoms with van der Waals surface area (Å²) < 4.78 is 11.7. The lowest BCUT2D eigenvalue weighted by Gasteiger charge is -2.54. The molecule has 2 bridgehead atoms. The van der Waals surface area contributed by atoms with Crippen LogP contribution in [0.15, 0.2) is 0 Å². The smallest absolute Gasteiger partial charge is 0.177 e. The summed E-state index contributed by atoms with van der Waals surface area (Å²) in [6.07, 6.45) is 5.62. The number of aliphatic hydroxyl groups is 1. The Morgan fingerprint density at radius 3 is 2.79 bits per heavy atom. The van der Waals surface area contributed by atoms with Gasteiger partial charge >= 0.3 is 0 Å². The second-order valence-electron chi connectivity index (χ2n) is 5.31. The molecular weight excluding hydrogens is 180 g/mol. The molecule has 0 aliphatic carbocycles. The Hall–Kier alpha value is -0.120. The highest BCUT2D eigenvalue weighted by atomic mass is 16.8. The third-order valence-corrected chi connectivity index (χ3v) is 4.40. The van der Waals surface area contributed by atoms with E-state index in [9.17, 15) is 5.11 Å². The molecule has 0 aromatic heterocycles. The first kappa shape index (κ1) is 9.13. The molecule has 3 aliphatic heterocycles. The molecule has 0 radical (unpaired) electrons. The van der Waals surface area contributed by atoms with Crippen LogP contribution in [0.2, 0.25) is 0 Å². The van der Waals surface area contributed by atoms with Gasteiger partial charge in [0.1, 0.15) is 0 Å². The van der Waals surface area contributed by atoms with E-state index in [0.29, 0.717) is 0 Å². The molecule has 14 heavy (non-hydrogen) atoms. The summed E-state index contributed by atoms with van der Waals surface area (Å²) in [7, 11) is 0. The summed E-state index contributed by atoms with van der Waals surface area (Å²) in [5.74, 6) is -1.35. The maximum absolute atomic E-state index is 10.2. The van der Waals surface area contributed by atoms with Crippen LogP contribution < -0.4 is 0 Å². The van der Waals surface area contributed by atoms with Crippen LogP contribution in [-0.4, -0.2) is 23.3 Å². The molecule has 3 heteroatoms. The van der Waals surface area contributed by atoms with Gasteiger partial charge in [0, 0.05) is 24.7 Å². The Labute approximate surface area is 84.4 Å². The Morgan fingerprint density at radius 2 is 1.93 bits per heavy atom. The lowest BCUT2D eigenvalue weighted by Crippen LogP contribution is -2.59. The normalized spacial score (nSPS) is 57.0. The second-order valence-corrected chi connectivity index (χ2v) is 5.31. The Bertz CT molecular complexity index is 267. The molecule has 0 saturated carbocycles. The minimum absolute atomic E-state index is 0.139. The molecular formula is C11H18O3. The fraction of sp³-hybridized carbons (Fsp3) is 1.00. The van der Waals surface area contributed by atoms with Crippen molar-refractivity contribution in [2.75, 3.05) is 6.61 Å². The van der Waals surface area contributed by atoms with Gasteiger partial charge < -0.3 is 14.6 Å². The van der Waals surface area contributed by atoms with Gasteiger partial charge in [0.15, 0.2) is 11.6 Å². The van der Waals surface area contributed by atoms with E-state index in [4.69, 9.17) is 9.47 Å². The van der Waals surface area contributed by atoms with Gasteiger partial charge in [-0.1, -0.05) is 6.92 Å². The van der Waals surface area contributed by atoms with Crippen molar-refractivity contribution >= 4 is 0 Å². The van der Waals surface area contributed by atoms with Crippen LogP contribution >= 0.6 is 0 Å². The van der Waals surface area contributed by atoms with Gasteiger partial charge in [0.2, 0.25) is 0 Å². The first-order valence-electron chi connectivity index (χ1n) is 5.64. The van der Waals surface area contributed by atoms with Crippen LogP contribution in [0.25, 0.3) is 0 Å². The van der Waals surface area contributed by atoms with E-state index in [1.165, 1.54) is 0 Å². The first-order valence-corrected chi connectivity index (χ1v) is 5.64. The summed E-state index contributed by atoms with van der Waals surface area (Å²) in [4.78, 5) is 0. The highest BCUT2D eigenvalue weighted by molar-refractivity contribution is 5.03. The van der Waals surface area contributed by atoms with Gasteiger partial charge in [-0.05, 0) is 19.3 Å². The predicted octanol–water partition coefficient (Wildman–Crippen LogP) is 1.79. The Kier molecular flexibility index (Phi) is 1.64. The van der Waals surface area contributed by atoms with Crippen molar-refractivity contribution in [3.05, 3.63) is 0 Å². The molecule has 3 heterocycles. The molecule has 3 saturated heterocycles. The Morgan fingerprint density at radius 1 is 1.07 bits per heavy atom. The molecule has 3 atom stereocenters. The summed E-state index contributed by atoms with van der Waals surface area (Å²) in [6, 6.07) is 0. The SMILES string of the molecule is C[C@@]12CCO[C@@]13CCC[C@@](O)(CC2)O3.